The van der Waals surface area contributed by atoms with Gasteiger partial charge in [-0.3, -0.25) is 14.4 Å². The van der Waals surface area contributed by atoms with Crippen LogP contribution < -0.4 is 30.3 Å². The van der Waals surface area contributed by atoms with E-state index in [1.807, 2.05) is 29.5 Å². The molecule has 3 N–H and O–H groups in total. The van der Waals surface area contributed by atoms with Gasteiger partial charge in [0.1, 0.15) is 11.6 Å². The first kappa shape index (κ1) is 28.4. The number of amides is 3. The van der Waals surface area contributed by atoms with Gasteiger partial charge < -0.3 is 24.8 Å². The number of ether oxygens (including phenoxy) is 3. The summed E-state index contributed by atoms with van der Waals surface area (Å²) in [5, 5.41) is 8.92. The maximum absolute atomic E-state index is 13.0. The summed E-state index contributed by atoms with van der Waals surface area (Å²) in [6.45, 7) is 1.90. The molecule has 0 atom stereocenters. The third kappa shape index (κ3) is 8.16. The molecule has 0 aliphatic heterocycles. The number of nitrogens with zero attached hydrogens (tertiary/aromatic N) is 1. The number of rotatable bonds is 10. The summed E-state index contributed by atoms with van der Waals surface area (Å²) >= 11 is 2.00. The first-order chi connectivity index (χ1) is 18.3. The molecule has 0 aromatic heterocycles. The maximum Gasteiger partial charge on any atom is 0.329 e. The predicted molar refractivity (Wildman–Crippen MR) is 148 cm³/mol. The minimum absolute atomic E-state index is 0.311. The van der Waals surface area contributed by atoms with Gasteiger partial charge in [0.05, 0.1) is 29.2 Å². The van der Waals surface area contributed by atoms with Gasteiger partial charge in [0.2, 0.25) is 0 Å². The summed E-state index contributed by atoms with van der Waals surface area (Å²) in [7, 11) is 1.43. The van der Waals surface area contributed by atoms with Crippen LogP contribution in [0.1, 0.15) is 12.5 Å². The van der Waals surface area contributed by atoms with E-state index in [9.17, 15) is 18.8 Å². The van der Waals surface area contributed by atoms with Gasteiger partial charge in [0.15, 0.2) is 18.1 Å². The van der Waals surface area contributed by atoms with Crippen molar-refractivity contribution in [3.8, 4) is 17.2 Å². The van der Waals surface area contributed by atoms with Crippen LogP contribution >= 0.6 is 22.6 Å². The fraction of sp³-hybridized carbons (Fsp3) is 0.154. The number of hydrogen-bond acceptors (Lipinski definition) is 7. The fourth-order valence-electron chi connectivity index (χ4n) is 3.07. The number of halogens is 2. The van der Waals surface area contributed by atoms with Crippen molar-refractivity contribution >= 4 is 57.9 Å². The van der Waals surface area contributed by atoms with Crippen LogP contribution in [0.4, 0.5) is 15.8 Å². The second kappa shape index (κ2) is 13.9. The van der Waals surface area contributed by atoms with Gasteiger partial charge in [0.25, 0.3) is 5.91 Å². The van der Waals surface area contributed by atoms with Gasteiger partial charge in [-0.05, 0) is 83.6 Å². The van der Waals surface area contributed by atoms with E-state index < -0.39 is 23.5 Å². The normalized spacial score (nSPS) is 10.5. The Morgan fingerprint density at radius 3 is 2.42 bits per heavy atom. The van der Waals surface area contributed by atoms with Crippen molar-refractivity contribution in [2.45, 2.75) is 6.92 Å². The third-order valence-corrected chi connectivity index (χ3v) is 5.55. The van der Waals surface area contributed by atoms with E-state index in [1.54, 1.807) is 36.4 Å². The maximum atomic E-state index is 13.0. The molecule has 0 unspecified atom stereocenters. The Morgan fingerprint density at radius 1 is 0.974 bits per heavy atom. The van der Waals surface area contributed by atoms with Crippen LogP contribution in [0.2, 0.25) is 0 Å². The van der Waals surface area contributed by atoms with Crippen molar-refractivity contribution in [1.29, 1.82) is 0 Å². The Morgan fingerprint density at radius 2 is 1.71 bits per heavy atom. The lowest BCUT2D eigenvalue weighted by Crippen LogP contribution is -2.32. The molecule has 0 radical (unpaired) electrons. The Labute approximate surface area is 231 Å². The Bertz CT molecular complexity index is 1330. The average molecular weight is 634 g/mol. The second-order valence-electron chi connectivity index (χ2n) is 7.46. The third-order valence-electron chi connectivity index (χ3n) is 4.75. The van der Waals surface area contributed by atoms with Gasteiger partial charge in [-0.2, -0.15) is 5.10 Å². The smallest absolute Gasteiger partial charge is 0.329 e. The molecular weight excluding hydrogens is 610 g/mol. The molecule has 10 nitrogen and oxygen atoms in total. The second-order valence-corrected chi connectivity index (χ2v) is 8.62. The Hall–Kier alpha value is -4.20. The molecule has 0 fully saturated rings. The van der Waals surface area contributed by atoms with Crippen LogP contribution in [-0.4, -0.2) is 44.3 Å². The molecule has 0 heterocycles. The lowest BCUT2D eigenvalue weighted by molar-refractivity contribution is -0.136. The zero-order valence-electron chi connectivity index (χ0n) is 20.4. The molecule has 12 heteroatoms. The number of anilines is 2. The van der Waals surface area contributed by atoms with Crippen molar-refractivity contribution in [2.75, 3.05) is 31.0 Å². The van der Waals surface area contributed by atoms with Gasteiger partial charge in [-0.1, -0.05) is 12.1 Å². The molecule has 0 aliphatic rings. The van der Waals surface area contributed by atoms with Crippen molar-refractivity contribution in [1.82, 2.24) is 5.43 Å². The standard InChI is InChI=1S/C26H24FIN4O6/c1-3-37-21-7-5-4-6-20(21)31-25(34)26(35)32-29-14-16-12-19(28)24(22(13-16)36-2)38-15-23(33)30-18-10-8-17(27)9-11-18/h4-14H,3,15H2,1-2H3,(H,30,33)(H,31,34)(H,32,35)/b29-14-. The molecule has 3 amide bonds. The van der Waals surface area contributed by atoms with E-state index in [1.165, 1.54) is 37.6 Å². The summed E-state index contributed by atoms with van der Waals surface area (Å²) in [4.78, 5) is 36.6. The molecule has 3 rings (SSSR count). The van der Waals surface area contributed by atoms with Crippen molar-refractivity contribution in [2.24, 2.45) is 5.10 Å². The quantitative estimate of drug-likeness (QED) is 0.134. The Balaban J connectivity index is 1.58. The highest BCUT2D eigenvalue weighted by atomic mass is 127. The molecule has 0 saturated carbocycles. The van der Waals surface area contributed by atoms with Gasteiger partial charge in [-0.15, -0.1) is 0 Å². The summed E-state index contributed by atoms with van der Waals surface area (Å²) in [5.74, 6) is -1.64. The number of benzene rings is 3. The first-order valence-electron chi connectivity index (χ1n) is 11.2. The van der Waals surface area contributed by atoms with Crippen molar-refractivity contribution in [3.05, 3.63) is 75.6 Å². The summed E-state index contributed by atoms with van der Waals surface area (Å²) in [6.07, 6.45) is 1.33. The zero-order chi connectivity index (χ0) is 27.5. The first-order valence-corrected chi connectivity index (χ1v) is 12.3. The summed E-state index contributed by atoms with van der Waals surface area (Å²) in [5.41, 5.74) is 3.50. The highest BCUT2D eigenvalue weighted by Crippen LogP contribution is 2.33. The molecule has 198 valence electrons. The number of hydrogen-bond donors (Lipinski definition) is 3. The van der Waals surface area contributed by atoms with Crippen LogP contribution in [-0.2, 0) is 14.4 Å². The van der Waals surface area contributed by atoms with Crippen molar-refractivity contribution in [3.63, 3.8) is 0 Å². The highest BCUT2D eigenvalue weighted by Gasteiger charge is 2.16. The van der Waals surface area contributed by atoms with Crippen LogP contribution in [0.5, 0.6) is 17.2 Å². The molecule has 0 saturated heterocycles. The van der Waals surface area contributed by atoms with Crippen LogP contribution in [0, 0.1) is 9.39 Å². The van der Waals surface area contributed by atoms with E-state index in [0.29, 0.717) is 44.4 Å². The van der Waals surface area contributed by atoms with E-state index >= 15 is 0 Å². The highest BCUT2D eigenvalue weighted by molar-refractivity contribution is 14.1. The van der Waals surface area contributed by atoms with Gasteiger partial charge >= 0.3 is 11.8 Å². The molecular formula is C26H24FIN4O6. The zero-order valence-corrected chi connectivity index (χ0v) is 22.6. The number of carbonyl (C=O) groups is 3. The molecule has 3 aromatic rings. The van der Waals surface area contributed by atoms with E-state index in [-0.39, 0.29) is 6.61 Å². The largest absolute Gasteiger partial charge is 0.493 e. The number of nitrogens with one attached hydrogen (secondary N) is 3. The van der Waals surface area contributed by atoms with E-state index in [2.05, 4.69) is 21.2 Å². The predicted octanol–water partition coefficient (Wildman–Crippen LogP) is 3.94. The van der Waals surface area contributed by atoms with Gasteiger partial charge in [0, 0.05) is 5.69 Å². The number of hydrazone groups is 1. The van der Waals surface area contributed by atoms with E-state index in [0.717, 1.165) is 0 Å². The summed E-state index contributed by atoms with van der Waals surface area (Å²) < 4.78 is 30.1. The lowest BCUT2D eigenvalue weighted by Gasteiger charge is -2.13. The number of carbonyl (C=O) groups excluding carboxylic acids is 3. The lowest BCUT2D eigenvalue weighted by atomic mass is 10.2. The molecule has 0 spiro atoms. The minimum atomic E-state index is -0.971. The SMILES string of the molecule is CCOc1ccccc1NC(=O)C(=O)N/N=C\c1cc(I)c(OCC(=O)Nc2ccc(F)cc2)c(OC)c1. The Kier molecular flexibility index (Phi) is 10.4. The minimum Gasteiger partial charge on any atom is -0.493 e. The fourth-order valence-corrected chi connectivity index (χ4v) is 3.85. The van der Waals surface area contributed by atoms with Crippen LogP contribution in [0.15, 0.2) is 65.8 Å². The summed E-state index contributed by atoms with van der Waals surface area (Å²) in [6, 6.07) is 15.4. The van der Waals surface area contributed by atoms with Crippen LogP contribution in [0.25, 0.3) is 0 Å². The number of methoxy groups -OCH3 is 1. The monoisotopic (exact) mass is 634 g/mol. The average Bonchev–Trinajstić information content (AvgIpc) is 2.90. The molecule has 0 bridgehead atoms. The van der Waals surface area contributed by atoms with Crippen molar-refractivity contribution < 1.29 is 33.0 Å². The molecule has 3 aromatic carbocycles. The number of para-hydroxylation sites is 2. The van der Waals surface area contributed by atoms with Gasteiger partial charge in [-0.25, -0.2) is 9.82 Å². The topological polar surface area (TPSA) is 127 Å². The molecule has 0 aliphatic carbocycles. The van der Waals surface area contributed by atoms with E-state index in [4.69, 9.17) is 14.2 Å². The molecule has 38 heavy (non-hydrogen) atoms. The van der Waals surface area contributed by atoms with Crippen LogP contribution in [0.3, 0.4) is 0 Å².